The van der Waals surface area contributed by atoms with E-state index in [1.807, 2.05) is 7.05 Å². The van der Waals surface area contributed by atoms with Gasteiger partial charge in [-0.3, -0.25) is 4.79 Å². The Morgan fingerprint density at radius 2 is 2.21 bits per heavy atom. The van der Waals surface area contributed by atoms with Crippen LogP contribution in [0.15, 0.2) is 0 Å². The van der Waals surface area contributed by atoms with Gasteiger partial charge in [0.2, 0.25) is 5.91 Å². The molecule has 0 spiro atoms. The molecule has 4 nitrogen and oxygen atoms in total. The van der Waals surface area contributed by atoms with E-state index in [1.54, 1.807) is 4.90 Å². The maximum Gasteiger partial charge on any atom is 0.224 e. The van der Waals surface area contributed by atoms with Crippen LogP contribution in [0.5, 0.6) is 0 Å². The Labute approximate surface area is 117 Å². The highest BCUT2D eigenvalue weighted by molar-refractivity contribution is 5.75. The normalized spacial score (nSPS) is 23.3. The van der Waals surface area contributed by atoms with E-state index < -0.39 is 0 Å². The summed E-state index contributed by atoms with van der Waals surface area (Å²) in [4.78, 5) is 13.6. The van der Waals surface area contributed by atoms with E-state index >= 15 is 0 Å². The van der Waals surface area contributed by atoms with Crippen molar-refractivity contribution in [3.8, 4) is 0 Å². The first-order valence-corrected chi connectivity index (χ1v) is 7.73. The second kappa shape index (κ2) is 9.32. The molecule has 112 valence electrons. The second-order valence-electron chi connectivity index (χ2n) is 5.64. The number of nitrogens with two attached hydrogens (primary N) is 1. The van der Waals surface area contributed by atoms with Crippen LogP contribution in [0, 0.1) is 5.92 Å². The molecule has 0 heterocycles. The number of amides is 1. The molecule has 0 bridgehead atoms. The fourth-order valence-electron chi connectivity index (χ4n) is 2.72. The van der Waals surface area contributed by atoms with Crippen LogP contribution in [-0.2, 0) is 9.53 Å². The summed E-state index contributed by atoms with van der Waals surface area (Å²) >= 11 is 0. The molecule has 0 saturated heterocycles. The molecular formula is C15H30N2O2. The fourth-order valence-corrected chi connectivity index (χ4v) is 2.72. The zero-order chi connectivity index (χ0) is 14.1. The largest absolute Gasteiger partial charge is 0.378 e. The van der Waals surface area contributed by atoms with Crippen molar-refractivity contribution in [3.63, 3.8) is 0 Å². The number of carbonyl (C=O) groups excluding carboxylic acids is 1. The summed E-state index contributed by atoms with van der Waals surface area (Å²) in [5, 5.41) is 0. The zero-order valence-corrected chi connectivity index (χ0v) is 12.6. The highest BCUT2D eigenvalue weighted by atomic mass is 16.5. The highest BCUT2D eigenvalue weighted by Crippen LogP contribution is 2.28. The van der Waals surface area contributed by atoms with E-state index in [0.717, 1.165) is 25.3 Å². The van der Waals surface area contributed by atoms with Gasteiger partial charge in [0.05, 0.1) is 19.1 Å². The summed E-state index contributed by atoms with van der Waals surface area (Å²) in [6.07, 6.45) is 7.94. The van der Waals surface area contributed by atoms with E-state index in [2.05, 4.69) is 6.92 Å². The van der Waals surface area contributed by atoms with Crippen molar-refractivity contribution in [2.45, 2.75) is 58.0 Å². The van der Waals surface area contributed by atoms with Gasteiger partial charge in [-0.25, -0.2) is 0 Å². The predicted molar refractivity (Wildman–Crippen MR) is 77.9 cm³/mol. The minimum atomic E-state index is 0.163. The quantitative estimate of drug-likeness (QED) is 0.735. The van der Waals surface area contributed by atoms with Crippen molar-refractivity contribution in [1.82, 2.24) is 4.90 Å². The van der Waals surface area contributed by atoms with Gasteiger partial charge >= 0.3 is 0 Å². The lowest BCUT2D eigenvalue weighted by atomic mass is 9.85. The molecule has 0 aromatic carbocycles. The first-order chi connectivity index (χ1) is 9.17. The number of nitrogens with zero attached hydrogens (tertiary/aromatic N) is 1. The molecule has 1 amide bonds. The molecule has 2 N–H and O–H groups in total. The van der Waals surface area contributed by atoms with Crippen LogP contribution in [0.1, 0.15) is 51.9 Å². The monoisotopic (exact) mass is 270 g/mol. The highest BCUT2D eigenvalue weighted by Gasteiger charge is 2.21. The van der Waals surface area contributed by atoms with E-state index in [0.29, 0.717) is 25.7 Å². The first kappa shape index (κ1) is 16.4. The molecule has 1 rings (SSSR count). The number of ether oxygens (including phenoxy) is 1. The van der Waals surface area contributed by atoms with Crippen LogP contribution in [-0.4, -0.2) is 43.7 Å². The molecule has 1 aliphatic rings. The number of hydrogen-bond donors (Lipinski definition) is 1. The van der Waals surface area contributed by atoms with Crippen molar-refractivity contribution < 1.29 is 9.53 Å². The van der Waals surface area contributed by atoms with Crippen molar-refractivity contribution in [2.75, 3.05) is 26.7 Å². The maximum atomic E-state index is 11.8. The summed E-state index contributed by atoms with van der Waals surface area (Å²) in [5.74, 6) is 0.984. The van der Waals surface area contributed by atoms with Crippen molar-refractivity contribution in [1.29, 1.82) is 0 Å². The molecule has 2 atom stereocenters. The van der Waals surface area contributed by atoms with E-state index in [4.69, 9.17) is 10.5 Å². The smallest absolute Gasteiger partial charge is 0.224 e. The van der Waals surface area contributed by atoms with Gasteiger partial charge in [0.1, 0.15) is 0 Å². The Morgan fingerprint density at radius 1 is 1.42 bits per heavy atom. The van der Waals surface area contributed by atoms with Crippen molar-refractivity contribution in [3.05, 3.63) is 0 Å². The van der Waals surface area contributed by atoms with Crippen LogP contribution in [0.25, 0.3) is 0 Å². The Kier molecular flexibility index (Phi) is 8.07. The third kappa shape index (κ3) is 6.39. The lowest BCUT2D eigenvalue weighted by Crippen LogP contribution is -2.30. The van der Waals surface area contributed by atoms with E-state index in [-0.39, 0.29) is 5.91 Å². The molecule has 19 heavy (non-hydrogen) atoms. The van der Waals surface area contributed by atoms with Crippen LogP contribution < -0.4 is 5.73 Å². The summed E-state index contributed by atoms with van der Waals surface area (Å²) in [6.45, 7) is 4.20. The average Bonchev–Trinajstić information content (AvgIpc) is 2.44. The zero-order valence-electron chi connectivity index (χ0n) is 12.6. The minimum absolute atomic E-state index is 0.163. The fraction of sp³-hybridized carbons (Fsp3) is 0.933. The molecule has 0 aromatic heterocycles. The second-order valence-corrected chi connectivity index (χ2v) is 5.64. The van der Waals surface area contributed by atoms with Gasteiger partial charge in [0, 0.05) is 13.6 Å². The molecule has 0 aromatic rings. The molecule has 2 unspecified atom stereocenters. The van der Waals surface area contributed by atoms with Gasteiger partial charge in [0.15, 0.2) is 0 Å². The molecular weight excluding hydrogens is 240 g/mol. The van der Waals surface area contributed by atoms with Gasteiger partial charge in [-0.15, -0.1) is 0 Å². The average molecular weight is 270 g/mol. The first-order valence-electron chi connectivity index (χ1n) is 7.73. The third-order valence-electron chi connectivity index (χ3n) is 4.10. The third-order valence-corrected chi connectivity index (χ3v) is 4.10. The number of hydrogen-bond acceptors (Lipinski definition) is 3. The molecule has 0 aliphatic heterocycles. The maximum absolute atomic E-state index is 11.8. The van der Waals surface area contributed by atoms with Crippen molar-refractivity contribution in [2.24, 2.45) is 11.7 Å². The summed E-state index contributed by atoms with van der Waals surface area (Å²) in [6, 6.07) is 0. The number of carbonyl (C=O) groups is 1. The Balaban J connectivity index is 2.13. The van der Waals surface area contributed by atoms with Gasteiger partial charge in [0.25, 0.3) is 0 Å². The predicted octanol–water partition coefficient (Wildman–Crippen LogP) is 2.17. The molecule has 1 fully saturated rings. The lowest BCUT2D eigenvalue weighted by Gasteiger charge is -2.28. The summed E-state index contributed by atoms with van der Waals surface area (Å²) in [5.41, 5.74) is 5.44. The SMILES string of the molecule is CCC1CCCC(OCCC(=O)N(C)CCCN)C1. The van der Waals surface area contributed by atoms with Crippen molar-refractivity contribution >= 4 is 5.91 Å². The van der Waals surface area contributed by atoms with Crippen LogP contribution in [0.3, 0.4) is 0 Å². The van der Waals surface area contributed by atoms with Gasteiger partial charge in [-0.2, -0.15) is 0 Å². The molecule has 4 heteroatoms. The Morgan fingerprint density at radius 3 is 2.89 bits per heavy atom. The Hall–Kier alpha value is -0.610. The number of rotatable bonds is 8. The van der Waals surface area contributed by atoms with E-state index in [1.165, 1.54) is 25.7 Å². The van der Waals surface area contributed by atoms with E-state index in [9.17, 15) is 4.79 Å². The molecule has 1 saturated carbocycles. The Bertz CT molecular complexity index is 259. The lowest BCUT2D eigenvalue weighted by molar-refractivity contribution is -0.131. The standard InChI is InChI=1S/C15H30N2O2/c1-3-13-6-4-7-14(12-13)19-11-8-15(18)17(2)10-5-9-16/h13-14H,3-12,16H2,1-2H3. The minimum Gasteiger partial charge on any atom is -0.378 e. The van der Waals surface area contributed by atoms with Crippen LogP contribution in [0.2, 0.25) is 0 Å². The van der Waals surface area contributed by atoms with Gasteiger partial charge < -0.3 is 15.4 Å². The topological polar surface area (TPSA) is 55.6 Å². The van der Waals surface area contributed by atoms with Crippen LogP contribution >= 0.6 is 0 Å². The molecule has 1 aliphatic carbocycles. The molecule has 0 radical (unpaired) electrons. The van der Waals surface area contributed by atoms with Gasteiger partial charge in [-0.1, -0.05) is 26.2 Å². The summed E-state index contributed by atoms with van der Waals surface area (Å²) < 4.78 is 5.87. The van der Waals surface area contributed by atoms with Gasteiger partial charge in [-0.05, 0) is 31.7 Å². The van der Waals surface area contributed by atoms with Crippen LogP contribution in [0.4, 0.5) is 0 Å². The summed E-state index contributed by atoms with van der Waals surface area (Å²) in [7, 11) is 1.84.